The third kappa shape index (κ3) is 3.93. The van der Waals surface area contributed by atoms with E-state index in [0.717, 1.165) is 12.8 Å². The summed E-state index contributed by atoms with van der Waals surface area (Å²) < 4.78 is 5.16. The fraction of sp³-hybridized carbons (Fsp3) is 0.500. The van der Waals surface area contributed by atoms with Crippen molar-refractivity contribution in [3.05, 3.63) is 29.8 Å². The summed E-state index contributed by atoms with van der Waals surface area (Å²) in [5, 5.41) is 2.62. The molecule has 0 bridgehead atoms. The molecule has 1 unspecified atom stereocenters. The molecule has 1 N–H and O–H groups in total. The van der Waals surface area contributed by atoms with Gasteiger partial charge in [-0.15, -0.1) is 0 Å². The maximum absolute atomic E-state index is 12.6. The fourth-order valence-electron chi connectivity index (χ4n) is 2.99. The monoisotopic (exact) mass is 331 g/mol. The summed E-state index contributed by atoms with van der Waals surface area (Å²) in [5.74, 6) is -0.727. The molecular weight excluding hydrogens is 308 g/mol. The number of rotatable bonds is 7. The number of likely N-dealkylation sites (tertiary alicyclic amines) is 1. The zero-order valence-electron chi connectivity index (χ0n) is 14.1. The number of hydrogen-bond donors (Lipinski definition) is 1. The van der Waals surface area contributed by atoms with Gasteiger partial charge in [0.1, 0.15) is 11.8 Å². The number of nitrogens with one attached hydrogen (secondary N) is 1. The Morgan fingerprint density at radius 2 is 1.96 bits per heavy atom. The maximum Gasteiger partial charge on any atom is 0.255 e. The SMILES string of the molecule is CCC(C(=O)N1CCCC1)[C@@H]([C]=O)NC(=O)c1ccccc1OC. The molecule has 0 aliphatic carbocycles. The molecule has 129 valence electrons. The smallest absolute Gasteiger partial charge is 0.255 e. The molecule has 1 aliphatic heterocycles. The Morgan fingerprint density at radius 3 is 2.54 bits per heavy atom. The molecule has 1 aliphatic rings. The molecule has 2 rings (SSSR count). The molecule has 1 aromatic carbocycles. The van der Waals surface area contributed by atoms with Crippen LogP contribution in [0.1, 0.15) is 36.5 Å². The van der Waals surface area contributed by atoms with Gasteiger partial charge in [-0.2, -0.15) is 0 Å². The van der Waals surface area contributed by atoms with Gasteiger partial charge < -0.3 is 15.0 Å². The van der Waals surface area contributed by atoms with Crippen LogP contribution in [0, 0.1) is 5.92 Å². The third-order valence-corrected chi connectivity index (χ3v) is 4.34. The van der Waals surface area contributed by atoms with E-state index in [1.54, 1.807) is 29.2 Å². The highest BCUT2D eigenvalue weighted by molar-refractivity contribution is 5.99. The standard InChI is InChI=1S/C18H23N2O4/c1-3-13(18(23)20-10-6-7-11-20)15(12-21)19-17(22)14-8-4-5-9-16(14)24-2/h4-5,8-9,13,15H,3,6-7,10-11H2,1-2H3,(H,19,22)/t13?,15-/m1/s1. The highest BCUT2D eigenvalue weighted by atomic mass is 16.5. The minimum atomic E-state index is -0.972. The van der Waals surface area contributed by atoms with E-state index in [9.17, 15) is 14.4 Å². The molecule has 0 spiro atoms. The Hall–Kier alpha value is -2.37. The highest BCUT2D eigenvalue weighted by Gasteiger charge is 2.33. The van der Waals surface area contributed by atoms with E-state index in [0.29, 0.717) is 30.8 Å². The number of methoxy groups -OCH3 is 1. The summed E-state index contributed by atoms with van der Waals surface area (Å²) in [7, 11) is 1.47. The normalized spacial score (nSPS) is 16.3. The predicted octanol–water partition coefficient (Wildman–Crippen LogP) is 1.55. The van der Waals surface area contributed by atoms with Crippen molar-refractivity contribution < 1.29 is 19.1 Å². The van der Waals surface area contributed by atoms with Crippen LogP contribution in [0.15, 0.2) is 24.3 Å². The third-order valence-electron chi connectivity index (χ3n) is 4.34. The average molecular weight is 331 g/mol. The van der Waals surface area contributed by atoms with Gasteiger partial charge >= 0.3 is 0 Å². The van der Waals surface area contributed by atoms with Gasteiger partial charge in [-0.05, 0) is 31.4 Å². The van der Waals surface area contributed by atoms with Crippen LogP contribution >= 0.6 is 0 Å². The van der Waals surface area contributed by atoms with Crippen molar-refractivity contribution in [1.82, 2.24) is 10.2 Å². The van der Waals surface area contributed by atoms with Crippen molar-refractivity contribution in [2.75, 3.05) is 20.2 Å². The van der Waals surface area contributed by atoms with Gasteiger partial charge in [-0.1, -0.05) is 19.1 Å². The molecule has 1 fully saturated rings. The van der Waals surface area contributed by atoms with Crippen molar-refractivity contribution in [2.45, 2.75) is 32.2 Å². The predicted molar refractivity (Wildman–Crippen MR) is 89.5 cm³/mol. The summed E-state index contributed by atoms with van der Waals surface area (Å²) >= 11 is 0. The first-order valence-corrected chi connectivity index (χ1v) is 8.22. The molecule has 1 aromatic rings. The second kappa shape index (κ2) is 8.47. The number of benzene rings is 1. The fourth-order valence-corrected chi connectivity index (χ4v) is 2.99. The van der Waals surface area contributed by atoms with Gasteiger partial charge in [0.25, 0.3) is 5.91 Å². The lowest BCUT2D eigenvalue weighted by molar-refractivity contribution is -0.134. The molecule has 0 saturated carbocycles. The van der Waals surface area contributed by atoms with Crippen LogP contribution in [-0.2, 0) is 9.59 Å². The molecule has 1 saturated heterocycles. The first-order chi connectivity index (χ1) is 11.6. The van der Waals surface area contributed by atoms with E-state index in [1.165, 1.54) is 7.11 Å². The number of carbonyl (C=O) groups excluding carboxylic acids is 3. The van der Waals surface area contributed by atoms with Crippen LogP contribution in [0.4, 0.5) is 0 Å². The summed E-state index contributed by atoms with van der Waals surface area (Å²) in [6.07, 6.45) is 4.24. The number of hydrogen-bond acceptors (Lipinski definition) is 4. The van der Waals surface area contributed by atoms with Crippen LogP contribution < -0.4 is 10.1 Å². The Kier molecular flexibility index (Phi) is 6.35. The Morgan fingerprint density at radius 1 is 1.29 bits per heavy atom. The molecule has 24 heavy (non-hydrogen) atoms. The molecule has 2 amide bonds. The molecule has 0 aromatic heterocycles. The Balaban J connectivity index is 2.13. The van der Waals surface area contributed by atoms with E-state index in [4.69, 9.17) is 4.74 Å². The molecule has 1 radical (unpaired) electrons. The Bertz CT molecular complexity index is 596. The van der Waals surface area contributed by atoms with Gasteiger partial charge in [0.2, 0.25) is 12.2 Å². The number of nitrogens with zero attached hydrogens (tertiary/aromatic N) is 1. The van der Waals surface area contributed by atoms with E-state index in [-0.39, 0.29) is 5.91 Å². The molecule has 2 atom stereocenters. The van der Waals surface area contributed by atoms with Crippen molar-refractivity contribution in [3.8, 4) is 5.75 Å². The summed E-state index contributed by atoms with van der Waals surface area (Å²) in [6.45, 7) is 3.25. The van der Waals surface area contributed by atoms with Crippen LogP contribution in [0.5, 0.6) is 5.75 Å². The van der Waals surface area contributed by atoms with Gasteiger partial charge in [-0.3, -0.25) is 14.4 Å². The van der Waals surface area contributed by atoms with Crippen LogP contribution in [0.2, 0.25) is 0 Å². The average Bonchev–Trinajstić information content (AvgIpc) is 3.15. The molecular formula is C18H23N2O4. The largest absolute Gasteiger partial charge is 0.496 e. The lowest BCUT2D eigenvalue weighted by Crippen LogP contribution is -2.48. The summed E-state index contributed by atoms with van der Waals surface area (Å²) in [6, 6.07) is 5.77. The number of para-hydroxylation sites is 1. The highest BCUT2D eigenvalue weighted by Crippen LogP contribution is 2.20. The molecule has 1 heterocycles. The summed E-state index contributed by atoms with van der Waals surface area (Å²) in [5.41, 5.74) is 0.323. The van der Waals surface area contributed by atoms with E-state index in [2.05, 4.69) is 5.32 Å². The lowest BCUT2D eigenvalue weighted by atomic mass is 9.95. The topological polar surface area (TPSA) is 75.7 Å². The number of amides is 2. The van der Waals surface area contributed by atoms with Crippen LogP contribution in [0.25, 0.3) is 0 Å². The van der Waals surface area contributed by atoms with E-state index in [1.807, 2.05) is 13.2 Å². The van der Waals surface area contributed by atoms with Crippen molar-refractivity contribution >= 4 is 18.1 Å². The minimum absolute atomic E-state index is 0.0938. The van der Waals surface area contributed by atoms with E-state index >= 15 is 0 Å². The zero-order chi connectivity index (χ0) is 17.5. The lowest BCUT2D eigenvalue weighted by Gasteiger charge is -2.26. The second-order valence-corrected chi connectivity index (χ2v) is 5.82. The zero-order valence-corrected chi connectivity index (χ0v) is 14.1. The first-order valence-electron chi connectivity index (χ1n) is 8.22. The number of ether oxygens (including phenoxy) is 1. The second-order valence-electron chi connectivity index (χ2n) is 5.82. The van der Waals surface area contributed by atoms with Crippen LogP contribution in [-0.4, -0.2) is 49.2 Å². The van der Waals surface area contributed by atoms with Crippen molar-refractivity contribution in [1.29, 1.82) is 0 Å². The van der Waals surface area contributed by atoms with Gasteiger partial charge in [0.15, 0.2) is 0 Å². The Labute approximate surface area is 142 Å². The van der Waals surface area contributed by atoms with Gasteiger partial charge in [0, 0.05) is 13.1 Å². The van der Waals surface area contributed by atoms with Crippen LogP contribution in [0.3, 0.4) is 0 Å². The number of carbonyl (C=O) groups is 2. The van der Waals surface area contributed by atoms with Crippen molar-refractivity contribution in [2.24, 2.45) is 5.92 Å². The molecule has 6 heteroatoms. The van der Waals surface area contributed by atoms with Gasteiger partial charge in [-0.25, -0.2) is 0 Å². The van der Waals surface area contributed by atoms with Crippen molar-refractivity contribution in [3.63, 3.8) is 0 Å². The maximum atomic E-state index is 12.6. The summed E-state index contributed by atoms with van der Waals surface area (Å²) in [4.78, 5) is 38.2. The molecule has 6 nitrogen and oxygen atoms in total. The first kappa shape index (κ1) is 18.0. The van der Waals surface area contributed by atoms with E-state index < -0.39 is 17.9 Å². The minimum Gasteiger partial charge on any atom is -0.496 e. The quantitative estimate of drug-likeness (QED) is 0.822. The van der Waals surface area contributed by atoms with Gasteiger partial charge in [0.05, 0.1) is 18.6 Å².